The maximum Gasteiger partial charge on any atom is 0.251 e. The number of hydrogen-bond acceptors (Lipinski definition) is 5. The van der Waals surface area contributed by atoms with Crippen molar-refractivity contribution in [2.24, 2.45) is 0 Å². The third-order valence-electron chi connectivity index (χ3n) is 4.90. The number of benzene rings is 1. The summed E-state index contributed by atoms with van der Waals surface area (Å²) in [6, 6.07) is 7.23. The fraction of sp³-hybridized carbons (Fsp3) is 0.526. The first-order valence-electron chi connectivity index (χ1n) is 9.33. The molecule has 0 radical (unpaired) electrons. The average Bonchev–Trinajstić information content (AvgIpc) is 3.40. The molecule has 1 N–H and O–H groups in total. The van der Waals surface area contributed by atoms with Gasteiger partial charge in [0, 0.05) is 38.1 Å². The van der Waals surface area contributed by atoms with Crippen molar-refractivity contribution in [1.82, 2.24) is 20.1 Å². The number of nitrogens with one attached hydrogen (secondary N) is 1. The molecular weight excluding hydrogens is 332 g/mol. The second-order valence-electron chi connectivity index (χ2n) is 6.76. The maximum atomic E-state index is 12.3. The fourth-order valence-electron chi connectivity index (χ4n) is 3.45. The van der Waals surface area contributed by atoms with E-state index in [1.54, 1.807) is 12.1 Å². The highest BCUT2D eigenvalue weighted by Crippen LogP contribution is 2.17. The van der Waals surface area contributed by atoms with E-state index in [0.717, 1.165) is 56.2 Å². The van der Waals surface area contributed by atoms with Crippen molar-refractivity contribution < 1.29 is 14.3 Å². The first-order chi connectivity index (χ1) is 12.8. The van der Waals surface area contributed by atoms with Crippen LogP contribution in [-0.2, 0) is 24.1 Å². The van der Waals surface area contributed by atoms with E-state index in [-0.39, 0.29) is 12.0 Å². The van der Waals surface area contributed by atoms with E-state index in [4.69, 9.17) is 9.47 Å². The van der Waals surface area contributed by atoms with Crippen LogP contribution in [0.5, 0.6) is 5.75 Å². The molecule has 2 aromatic rings. The molecule has 0 aliphatic carbocycles. The monoisotopic (exact) mass is 356 g/mol. The minimum Gasteiger partial charge on any atom is -0.491 e. The van der Waals surface area contributed by atoms with Crippen molar-refractivity contribution in [2.75, 3.05) is 19.8 Å². The number of hydrogen-bond donors (Lipinski definition) is 1. The van der Waals surface area contributed by atoms with Crippen molar-refractivity contribution in [3.05, 3.63) is 41.5 Å². The maximum absolute atomic E-state index is 12.3. The van der Waals surface area contributed by atoms with E-state index in [2.05, 4.69) is 20.1 Å². The number of nitrogens with zero attached hydrogens (tertiary/aromatic N) is 3. The van der Waals surface area contributed by atoms with Gasteiger partial charge in [-0.15, -0.1) is 10.2 Å². The summed E-state index contributed by atoms with van der Waals surface area (Å²) in [5, 5.41) is 11.3. The highest BCUT2D eigenvalue weighted by molar-refractivity contribution is 5.94. The number of aryl methyl sites for hydroxylation is 1. The largest absolute Gasteiger partial charge is 0.491 e. The molecule has 7 heteroatoms. The number of rotatable bonds is 7. The minimum atomic E-state index is -0.0863. The molecule has 7 nitrogen and oxygen atoms in total. The molecule has 0 unspecified atom stereocenters. The second kappa shape index (κ2) is 7.86. The van der Waals surface area contributed by atoms with Crippen LogP contribution in [-0.4, -0.2) is 46.5 Å². The highest BCUT2D eigenvalue weighted by Gasteiger charge is 2.17. The fourth-order valence-corrected chi connectivity index (χ4v) is 3.45. The Kier molecular flexibility index (Phi) is 5.15. The summed E-state index contributed by atoms with van der Waals surface area (Å²) >= 11 is 0. The predicted octanol–water partition coefficient (Wildman–Crippen LogP) is 1.75. The Bertz CT molecular complexity index is 751. The zero-order valence-electron chi connectivity index (χ0n) is 14.8. The molecule has 2 aliphatic rings. The van der Waals surface area contributed by atoms with Gasteiger partial charge in [-0.25, -0.2) is 0 Å². The van der Waals surface area contributed by atoms with Crippen LogP contribution in [0, 0.1) is 0 Å². The van der Waals surface area contributed by atoms with Crippen molar-refractivity contribution in [3.8, 4) is 5.75 Å². The summed E-state index contributed by atoms with van der Waals surface area (Å²) in [4.78, 5) is 12.3. The second-order valence-corrected chi connectivity index (χ2v) is 6.76. The van der Waals surface area contributed by atoms with Crippen LogP contribution in [0.15, 0.2) is 24.3 Å². The summed E-state index contributed by atoms with van der Waals surface area (Å²) in [5.41, 5.74) is 0.626. The Morgan fingerprint density at radius 2 is 2.15 bits per heavy atom. The van der Waals surface area contributed by atoms with Gasteiger partial charge in [-0.1, -0.05) is 0 Å². The number of aromatic nitrogens is 3. The standard InChI is InChI=1S/C19H24N4O3/c24-19(20-10-9-18-22-21-17-4-1-11-23(17)18)14-5-7-15(8-6-14)26-13-16-3-2-12-25-16/h5-8,16H,1-4,9-13H2,(H,20,24)/t16-/m0/s1. The first-order valence-corrected chi connectivity index (χ1v) is 9.33. The summed E-state index contributed by atoms with van der Waals surface area (Å²) in [7, 11) is 0. The molecule has 1 fully saturated rings. The van der Waals surface area contributed by atoms with Crippen molar-refractivity contribution in [1.29, 1.82) is 0 Å². The summed E-state index contributed by atoms with van der Waals surface area (Å²) in [5.74, 6) is 2.69. The Morgan fingerprint density at radius 3 is 2.96 bits per heavy atom. The van der Waals surface area contributed by atoms with Crippen LogP contribution in [0.2, 0.25) is 0 Å². The SMILES string of the molecule is O=C(NCCc1nnc2n1CCC2)c1ccc(OC[C@@H]2CCCO2)cc1. The lowest BCUT2D eigenvalue weighted by molar-refractivity contribution is 0.0679. The van der Waals surface area contributed by atoms with Crippen LogP contribution in [0.25, 0.3) is 0 Å². The molecule has 26 heavy (non-hydrogen) atoms. The Balaban J connectivity index is 1.23. The highest BCUT2D eigenvalue weighted by atomic mass is 16.5. The van der Waals surface area contributed by atoms with Gasteiger partial charge in [0.05, 0.1) is 6.10 Å². The molecule has 138 valence electrons. The van der Waals surface area contributed by atoms with E-state index in [1.165, 1.54) is 0 Å². The summed E-state index contributed by atoms with van der Waals surface area (Å²) in [6.45, 7) is 2.92. The smallest absolute Gasteiger partial charge is 0.251 e. The van der Waals surface area contributed by atoms with E-state index in [9.17, 15) is 4.79 Å². The van der Waals surface area contributed by atoms with Crippen LogP contribution in [0.1, 0.15) is 41.3 Å². The molecule has 0 saturated carbocycles. The van der Waals surface area contributed by atoms with Gasteiger partial charge in [0.25, 0.3) is 5.91 Å². The first kappa shape index (κ1) is 17.0. The van der Waals surface area contributed by atoms with Gasteiger partial charge in [0.15, 0.2) is 0 Å². The molecule has 1 aromatic heterocycles. The molecule has 4 rings (SSSR count). The van der Waals surface area contributed by atoms with Gasteiger partial charge in [-0.2, -0.15) is 0 Å². The number of fused-ring (bicyclic) bond motifs is 1. The lowest BCUT2D eigenvalue weighted by Gasteiger charge is -2.11. The van der Waals surface area contributed by atoms with E-state index < -0.39 is 0 Å². The van der Waals surface area contributed by atoms with Gasteiger partial charge in [-0.3, -0.25) is 4.79 Å². The van der Waals surface area contributed by atoms with Crippen molar-refractivity contribution in [2.45, 2.75) is 44.8 Å². The topological polar surface area (TPSA) is 78.3 Å². The Hall–Kier alpha value is -2.41. The molecule has 3 heterocycles. The van der Waals surface area contributed by atoms with Crippen LogP contribution >= 0.6 is 0 Å². The zero-order chi connectivity index (χ0) is 17.8. The van der Waals surface area contributed by atoms with Crippen LogP contribution in [0.4, 0.5) is 0 Å². The summed E-state index contributed by atoms with van der Waals surface area (Å²) < 4.78 is 13.4. The van der Waals surface area contributed by atoms with Crippen LogP contribution in [0.3, 0.4) is 0 Å². The van der Waals surface area contributed by atoms with Gasteiger partial charge in [0.2, 0.25) is 0 Å². The molecule has 1 amide bonds. The van der Waals surface area contributed by atoms with Gasteiger partial charge in [0.1, 0.15) is 24.0 Å². The molecule has 1 atom stereocenters. The third-order valence-corrected chi connectivity index (χ3v) is 4.90. The van der Waals surface area contributed by atoms with Gasteiger partial charge in [-0.05, 0) is 43.5 Å². The number of carbonyl (C=O) groups is 1. The zero-order valence-corrected chi connectivity index (χ0v) is 14.8. The quantitative estimate of drug-likeness (QED) is 0.818. The molecule has 0 bridgehead atoms. The third kappa shape index (κ3) is 3.88. The van der Waals surface area contributed by atoms with Crippen LogP contribution < -0.4 is 10.1 Å². The number of amides is 1. The van der Waals surface area contributed by atoms with Crippen molar-refractivity contribution >= 4 is 5.91 Å². The molecule has 0 spiro atoms. The van der Waals surface area contributed by atoms with Gasteiger partial charge >= 0.3 is 0 Å². The van der Waals surface area contributed by atoms with Gasteiger partial charge < -0.3 is 19.4 Å². The molecular formula is C19H24N4O3. The van der Waals surface area contributed by atoms with E-state index >= 15 is 0 Å². The lowest BCUT2D eigenvalue weighted by Crippen LogP contribution is -2.26. The average molecular weight is 356 g/mol. The predicted molar refractivity (Wildman–Crippen MR) is 95.3 cm³/mol. The lowest BCUT2D eigenvalue weighted by atomic mass is 10.2. The minimum absolute atomic E-state index is 0.0863. The molecule has 1 aromatic carbocycles. The number of ether oxygens (including phenoxy) is 2. The normalized spacial score (nSPS) is 18.7. The molecule has 2 aliphatic heterocycles. The number of carbonyl (C=O) groups excluding carboxylic acids is 1. The van der Waals surface area contributed by atoms with E-state index in [1.807, 2.05) is 12.1 Å². The summed E-state index contributed by atoms with van der Waals surface area (Å²) in [6.07, 6.45) is 5.17. The van der Waals surface area contributed by atoms with E-state index in [0.29, 0.717) is 25.1 Å². The molecule has 1 saturated heterocycles. The Morgan fingerprint density at radius 1 is 1.27 bits per heavy atom. The Labute approximate surface area is 152 Å². The van der Waals surface area contributed by atoms with Crippen molar-refractivity contribution in [3.63, 3.8) is 0 Å².